The van der Waals surface area contributed by atoms with Gasteiger partial charge in [0, 0.05) is 38.6 Å². The van der Waals surface area contributed by atoms with Crippen LogP contribution in [0.2, 0.25) is 0 Å². The number of carbonyl (C=O) groups excluding carboxylic acids is 2. The SMILES string of the molecule is CC(C)(C)C1CN(C(=O)CCNC(=O)OCc2ccccc2)CCN1CC(=O)O. The molecule has 0 aromatic heterocycles. The van der Waals surface area contributed by atoms with Gasteiger partial charge >= 0.3 is 12.1 Å². The minimum atomic E-state index is -0.864. The highest BCUT2D eigenvalue weighted by Gasteiger charge is 2.37. The van der Waals surface area contributed by atoms with Gasteiger partial charge in [-0.1, -0.05) is 51.1 Å². The van der Waals surface area contributed by atoms with Crippen molar-refractivity contribution < 1.29 is 24.2 Å². The van der Waals surface area contributed by atoms with Gasteiger partial charge in [-0.05, 0) is 11.0 Å². The smallest absolute Gasteiger partial charge is 0.407 e. The molecule has 1 aliphatic heterocycles. The molecular weight excluding hydrogens is 374 g/mol. The lowest BCUT2D eigenvalue weighted by Gasteiger charge is -2.46. The van der Waals surface area contributed by atoms with E-state index in [1.807, 2.05) is 56.0 Å². The van der Waals surface area contributed by atoms with Crippen molar-refractivity contribution in [1.82, 2.24) is 15.1 Å². The Hall–Kier alpha value is -2.61. The number of hydrogen-bond donors (Lipinski definition) is 2. The molecule has 2 amide bonds. The molecule has 0 saturated carbocycles. The van der Waals surface area contributed by atoms with Crippen molar-refractivity contribution in [1.29, 1.82) is 0 Å². The van der Waals surface area contributed by atoms with Crippen LogP contribution >= 0.6 is 0 Å². The highest BCUT2D eigenvalue weighted by Crippen LogP contribution is 2.27. The second kappa shape index (κ2) is 10.2. The molecule has 8 heteroatoms. The molecule has 1 fully saturated rings. The molecule has 1 saturated heterocycles. The first kappa shape index (κ1) is 22.7. The van der Waals surface area contributed by atoms with Crippen molar-refractivity contribution in [3.63, 3.8) is 0 Å². The molecule has 29 heavy (non-hydrogen) atoms. The Morgan fingerprint density at radius 3 is 2.48 bits per heavy atom. The third-order valence-electron chi connectivity index (χ3n) is 5.00. The number of piperazine rings is 1. The van der Waals surface area contributed by atoms with Crippen molar-refractivity contribution in [2.24, 2.45) is 5.41 Å². The van der Waals surface area contributed by atoms with Gasteiger partial charge in [-0.2, -0.15) is 0 Å². The first-order chi connectivity index (χ1) is 13.7. The maximum absolute atomic E-state index is 12.6. The Morgan fingerprint density at radius 2 is 1.86 bits per heavy atom. The molecule has 1 atom stereocenters. The van der Waals surface area contributed by atoms with E-state index >= 15 is 0 Å². The van der Waals surface area contributed by atoms with Crippen LogP contribution in [0.3, 0.4) is 0 Å². The van der Waals surface area contributed by atoms with E-state index < -0.39 is 12.1 Å². The molecule has 0 spiro atoms. The topological polar surface area (TPSA) is 99.2 Å². The number of nitrogens with one attached hydrogen (secondary N) is 1. The van der Waals surface area contributed by atoms with E-state index in [-0.39, 0.29) is 43.5 Å². The van der Waals surface area contributed by atoms with Crippen LogP contribution in [0.4, 0.5) is 4.79 Å². The van der Waals surface area contributed by atoms with E-state index in [0.717, 1.165) is 5.56 Å². The Morgan fingerprint density at radius 1 is 1.17 bits per heavy atom. The predicted molar refractivity (Wildman–Crippen MR) is 108 cm³/mol. The summed E-state index contributed by atoms with van der Waals surface area (Å²) in [6.45, 7) is 7.97. The van der Waals surface area contributed by atoms with E-state index in [0.29, 0.717) is 19.6 Å². The fourth-order valence-corrected chi connectivity index (χ4v) is 3.44. The van der Waals surface area contributed by atoms with E-state index in [2.05, 4.69) is 5.32 Å². The first-order valence-corrected chi connectivity index (χ1v) is 9.85. The first-order valence-electron chi connectivity index (χ1n) is 9.85. The largest absolute Gasteiger partial charge is 0.480 e. The van der Waals surface area contributed by atoms with Gasteiger partial charge in [0.1, 0.15) is 6.61 Å². The monoisotopic (exact) mass is 405 g/mol. The summed E-state index contributed by atoms with van der Waals surface area (Å²) in [7, 11) is 0. The highest BCUT2D eigenvalue weighted by atomic mass is 16.5. The minimum Gasteiger partial charge on any atom is -0.480 e. The van der Waals surface area contributed by atoms with Crippen LogP contribution in [0, 0.1) is 5.41 Å². The molecule has 2 rings (SSSR count). The fourth-order valence-electron chi connectivity index (χ4n) is 3.44. The van der Waals surface area contributed by atoms with Crippen LogP contribution in [0.1, 0.15) is 32.8 Å². The van der Waals surface area contributed by atoms with Gasteiger partial charge < -0.3 is 20.1 Å². The zero-order chi connectivity index (χ0) is 21.4. The highest BCUT2D eigenvalue weighted by molar-refractivity contribution is 5.77. The standard InChI is InChI=1S/C21H31N3O5/c1-21(2,3)17-13-24(12-11-23(17)14-19(26)27)18(25)9-10-22-20(28)29-15-16-7-5-4-6-8-16/h4-8,17H,9-15H2,1-3H3,(H,22,28)(H,26,27). The average Bonchev–Trinajstić information content (AvgIpc) is 2.66. The number of carboxylic acid groups (broad SMARTS) is 1. The van der Waals surface area contributed by atoms with Gasteiger partial charge in [0.2, 0.25) is 5.91 Å². The molecule has 1 aromatic rings. The Balaban J connectivity index is 1.77. The Labute approximate surface area is 171 Å². The van der Waals surface area contributed by atoms with Crippen molar-refractivity contribution in [2.75, 3.05) is 32.7 Å². The second-order valence-corrected chi connectivity index (χ2v) is 8.32. The zero-order valence-electron chi connectivity index (χ0n) is 17.4. The molecular formula is C21H31N3O5. The van der Waals surface area contributed by atoms with Gasteiger partial charge in [0.25, 0.3) is 0 Å². The molecule has 2 N–H and O–H groups in total. The summed E-state index contributed by atoms with van der Waals surface area (Å²) in [6, 6.07) is 9.33. The molecule has 1 unspecified atom stereocenters. The van der Waals surface area contributed by atoms with Crippen LogP contribution in [0.25, 0.3) is 0 Å². The van der Waals surface area contributed by atoms with Crippen molar-refractivity contribution in [2.45, 2.75) is 39.8 Å². The quantitative estimate of drug-likeness (QED) is 0.719. The van der Waals surface area contributed by atoms with Crippen LogP contribution in [0.15, 0.2) is 30.3 Å². The number of rotatable bonds is 7. The van der Waals surface area contributed by atoms with Crippen molar-refractivity contribution in [3.8, 4) is 0 Å². The number of aliphatic carboxylic acids is 1. The number of alkyl carbamates (subject to hydrolysis) is 1. The third kappa shape index (κ3) is 7.38. The molecule has 1 aromatic carbocycles. The second-order valence-electron chi connectivity index (χ2n) is 8.32. The summed E-state index contributed by atoms with van der Waals surface area (Å²) in [5, 5.41) is 11.7. The van der Waals surface area contributed by atoms with Crippen LogP contribution in [-0.2, 0) is 20.9 Å². The predicted octanol–water partition coefficient (Wildman–Crippen LogP) is 1.95. The van der Waals surface area contributed by atoms with Crippen LogP contribution in [0.5, 0.6) is 0 Å². The number of carbonyl (C=O) groups is 3. The lowest BCUT2D eigenvalue weighted by atomic mass is 9.84. The van der Waals surface area contributed by atoms with Gasteiger partial charge in [-0.15, -0.1) is 0 Å². The van der Waals surface area contributed by atoms with Gasteiger partial charge in [0.05, 0.1) is 6.54 Å². The maximum atomic E-state index is 12.6. The summed E-state index contributed by atoms with van der Waals surface area (Å²) < 4.78 is 5.13. The molecule has 8 nitrogen and oxygen atoms in total. The molecule has 160 valence electrons. The Kier molecular flexibility index (Phi) is 8.01. The summed E-state index contributed by atoms with van der Waals surface area (Å²) in [6.07, 6.45) is -0.378. The summed E-state index contributed by atoms with van der Waals surface area (Å²) in [4.78, 5) is 39.1. The lowest BCUT2D eigenvalue weighted by molar-refractivity contribution is -0.142. The van der Waals surface area contributed by atoms with Crippen LogP contribution in [-0.4, -0.2) is 71.6 Å². The Bertz CT molecular complexity index is 702. The van der Waals surface area contributed by atoms with E-state index in [1.165, 1.54) is 0 Å². The summed E-state index contributed by atoms with van der Waals surface area (Å²) in [5.41, 5.74) is 0.736. The van der Waals surface area contributed by atoms with Gasteiger partial charge in [-0.25, -0.2) is 4.79 Å². The summed E-state index contributed by atoms with van der Waals surface area (Å²) >= 11 is 0. The average molecular weight is 405 g/mol. The minimum absolute atomic E-state index is 0.0290. The number of ether oxygens (including phenoxy) is 1. The third-order valence-corrected chi connectivity index (χ3v) is 5.00. The summed E-state index contributed by atoms with van der Waals surface area (Å²) in [5.74, 6) is -0.921. The van der Waals surface area contributed by atoms with Crippen LogP contribution < -0.4 is 5.32 Å². The number of benzene rings is 1. The van der Waals surface area contributed by atoms with E-state index in [1.54, 1.807) is 4.90 Å². The van der Waals surface area contributed by atoms with E-state index in [9.17, 15) is 14.4 Å². The molecule has 0 aliphatic carbocycles. The number of hydrogen-bond acceptors (Lipinski definition) is 5. The maximum Gasteiger partial charge on any atom is 0.407 e. The van der Waals surface area contributed by atoms with E-state index in [4.69, 9.17) is 9.84 Å². The lowest BCUT2D eigenvalue weighted by Crippen LogP contribution is -2.60. The molecule has 1 aliphatic rings. The number of carboxylic acids is 1. The fraction of sp³-hybridized carbons (Fsp3) is 0.571. The number of nitrogens with zero attached hydrogens (tertiary/aromatic N) is 2. The number of amides is 2. The van der Waals surface area contributed by atoms with Crippen molar-refractivity contribution >= 4 is 18.0 Å². The normalized spacial score (nSPS) is 17.6. The zero-order valence-corrected chi connectivity index (χ0v) is 17.4. The van der Waals surface area contributed by atoms with Crippen molar-refractivity contribution in [3.05, 3.63) is 35.9 Å². The molecule has 0 bridgehead atoms. The van der Waals surface area contributed by atoms with Gasteiger partial charge in [-0.3, -0.25) is 14.5 Å². The molecule has 0 radical (unpaired) electrons. The molecule has 1 heterocycles. The van der Waals surface area contributed by atoms with Gasteiger partial charge in [0.15, 0.2) is 0 Å².